The first kappa shape index (κ1) is 13.1. The summed E-state index contributed by atoms with van der Waals surface area (Å²) in [7, 11) is 3.51. The van der Waals surface area contributed by atoms with E-state index in [-0.39, 0.29) is 0 Å². The molecule has 0 bridgehead atoms. The maximum Gasteiger partial charge on any atom is 0.135 e. The monoisotopic (exact) mass is 258 g/mol. The van der Waals surface area contributed by atoms with Gasteiger partial charge >= 0.3 is 0 Å². The van der Waals surface area contributed by atoms with Crippen LogP contribution in [-0.4, -0.2) is 24.1 Å². The zero-order valence-corrected chi connectivity index (χ0v) is 11.6. The molecule has 2 aromatic rings. The molecule has 0 atom stereocenters. The Bertz CT molecular complexity index is 584. The van der Waals surface area contributed by atoms with Crippen LogP contribution in [0.3, 0.4) is 0 Å². The highest BCUT2D eigenvalue weighted by Crippen LogP contribution is 2.27. The van der Waals surface area contributed by atoms with E-state index in [1.54, 1.807) is 7.11 Å². The summed E-state index contributed by atoms with van der Waals surface area (Å²) in [6.45, 7) is 4.05. The molecule has 1 heterocycles. The number of anilines is 3. The van der Waals surface area contributed by atoms with Gasteiger partial charge in [0.25, 0.3) is 0 Å². The van der Waals surface area contributed by atoms with Crippen LogP contribution in [0, 0.1) is 13.8 Å². The van der Waals surface area contributed by atoms with E-state index in [0.717, 1.165) is 34.2 Å². The van der Waals surface area contributed by atoms with Crippen molar-refractivity contribution in [2.24, 2.45) is 0 Å². The summed E-state index contributed by atoms with van der Waals surface area (Å²) in [5.74, 6) is 2.43. The summed E-state index contributed by atoms with van der Waals surface area (Å²) in [5.41, 5.74) is 3.20. The summed E-state index contributed by atoms with van der Waals surface area (Å²) in [6.07, 6.45) is 1.53. The Labute approximate surface area is 113 Å². The van der Waals surface area contributed by atoms with Gasteiger partial charge in [-0.1, -0.05) is 0 Å². The summed E-state index contributed by atoms with van der Waals surface area (Å²) in [6, 6.07) is 5.92. The molecule has 0 aliphatic heterocycles. The second kappa shape index (κ2) is 5.56. The Kier molecular flexibility index (Phi) is 3.85. The molecule has 1 aromatic heterocycles. The van der Waals surface area contributed by atoms with Crippen molar-refractivity contribution in [1.29, 1.82) is 0 Å². The van der Waals surface area contributed by atoms with Crippen LogP contribution in [0.2, 0.25) is 0 Å². The minimum absolute atomic E-state index is 0.756. The molecular formula is C14H18N4O. The fraction of sp³-hybridized carbons (Fsp3) is 0.286. The van der Waals surface area contributed by atoms with E-state index in [4.69, 9.17) is 4.74 Å². The number of methoxy groups -OCH3 is 1. The number of hydrogen-bond donors (Lipinski definition) is 2. The molecule has 0 unspecified atom stereocenters. The van der Waals surface area contributed by atoms with Crippen molar-refractivity contribution in [2.45, 2.75) is 13.8 Å². The lowest BCUT2D eigenvalue weighted by Gasteiger charge is -2.13. The second-order valence-electron chi connectivity index (χ2n) is 4.30. The third kappa shape index (κ3) is 2.93. The minimum atomic E-state index is 0.756. The molecule has 2 N–H and O–H groups in total. The average molecular weight is 258 g/mol. The Balaban J connectivity index is 2.30. The highest BCUT2D eigenvalue weighted by molar-refractivity contribution is 5.64. The maximum atomic E-state index is 5.30. The Morgan fingerprint density at radius 2 is 1.74 bits per heavy atom. The number of nitrogens with one attached hydrogen (secondary N) is 2. The fourth-order valence-corrected chi connectivity index (χ4v) is 1.84. The molecule has 0 saturated heterocycles. The molecule has 0 saturated carbocycles. The van der Waals surface area contributed by atoms with Crippen LogP contribution in [0.4, 0.5) is 17.3 Å². The van der Waals surface area contributed by atoms with Crippen molar-refractivity contribution in [1.82, 2.24) is 9.97 Å². The highest BCUT2D eigenvalue weighted by Gasteiger charge is 2.06. The quantitative estimate of drug-likeness (QED) is 0.883. The van der Waals surface area contributed by atoms with E-state index in [1.165, 1.54) is 6.33 Å². The third-order valence-corrected chi connectivity index (χ3v) is 2.93. The predicted molar refractivity (Wildman–Crippen MR) is 77.3 cm³/mol. The molecule has 100 valence electrons. The molecular weight excluding hydrogens is 240 g/mol. The average Bonchev–Trinajstić information content (AvgIpc) is 2.42. The molecule has 2 rings (SSSR count). The van der Waals surface area contributed by atoms with Crippen molar-refractivity contribution in [3.8, 4) is 5.75 Å². The molecule has 1 aromatic carbocycles. The van der Waals surface area contributed by atoms with Crippen LogP contribution in [0.1, 0.15) is 11.1 Å². The summed E-state index contributed by atoms with van der Waals surface area (Å²) >= 11 is 0. The van der Waals surface area contributed by atoms with Crippen LogP contribution >= 0.6 is 0 Å². The predicted octanol–water partition coefficient (Wildman–Crippen LogP) is 2.89. The molecule has 0 radical (unpaired) electrons. The van der Waals surface area contributed by atoms with Gasteiger partial charge in [-0.2, -0.15) is 0 Å². The van der Waals surface area contributed by atoms with Crippen LogP contribution < -0.4 is 15.4 Å². The van der Waals surface area contributed by atoms with Gasteiger partial charge < -0.3 is 15.4 Å². The van der Waals surface area contributed by atoms with E-state index in [1.807, 2.05) is 33.0 Å². The smallest absolute Gasteiger partial charge is 0.135 e. The van der Waals surface area contributed by atoms with Crippen molar-refractivity contribution in [3.63, 3.8) is 0 Å². The fourth-order valence-electron chi connectivity index (χ4n) is 1.84. The Morgan fingerprint density at radius 3 is 2.42 bits per heavy atom. The van der Waals surface area contributed by atoms with Crippen molar-refractivity contribution >= 4 is 17.3 Å². The first-order chi connectivity index (χ1) is 9.13. The van der Waals surface area contributed by atoms with Crippen LogP contribution in [0.15, 0.2) is 24.5 Å². The van der Waals surface area contributed by atoms with Gasteiger partial charge in [-0.15, -0.1) is 0 Å². The van der Waals surface area contributed by atoms with Crippen LogP contribution in [-0.2, 0) is 0 Å². The SMILES string of the molecule is CNc1cc(Nc2cc(C)c(OC)cc2C)ncn1. The molecule has 0 spiro atoms. The number of benzene rings is 1. The van der Waals surface area contributed by atoms with Crippen LogP contribution in [0.5, 0.6) is 5.75 Å². The molecule has 5 nitrogen and oxygen atoms in total. The molecule has 0 amide bonds. The lowest BCUT2D eigenvalue weighted by molar-refractivity contribution is 0.411. The second-order valence-corrected chi connectivity index (χ2v) is 4.30. The van der Waals surface area contributed by atoms with Gasteiger partial charge in [0.05, 0.1) is 7.11 Å². The maximum absolute atomic E-state index is 5.30. The summed E-state index contributed by atoms with van der Waals surface area (Å²) in [5, 5.41) is 6.28. The zero-order valence-electron chi connectivity index (χ0n) is 11.6. The summed E-state index contributed by atoms with van der Waals surface area (Å²) < 4.78 is 5.30. The zero-order chi connectivity index (χ0) is 13.8. The van der Waals surface area contributed by atoms with Crippen molar-refractivity contribution in [2.75, 3.05) is 24.8 Å². The standard InChI is InChI=1S/C14H18N4O/c1-9-6-12(19-4)10(2)5-11(9)18-14-7-13(15-3)16-8-17-14/h5-8H,1-4H3,(H2,15,16,17,18). The first-order valence-electron chi connectivity index (χ1n) is 6.06. The Hall–Kier alpha value is -2.30. The largest absolute Gasteiger partial charge is 0.496 e. The van der Waals surface area contributed by atoms with E-state index in [9.17, 15) is 0 Å². The molecule has 0 fully saturated rings. The highest BCUT2D eigenvalue weighted by atomic mass is 16.5. The summed E-state index contributed by atoms with van der Waals surface area (Å²) in [4.78, 5) is 8.29. The number of nitrogens with zero attached hydrogens (tertiary/aromatic N) is 2. The third-order valence-electron chi connectivity index (χ3n) is 2.93. The minimum Gasteiger partial charge on any atom is -0.496 e. The van der Waals surface area contributed by atoms with E-state index < -0.39 is 0 Å². The van der Waals surface area contributed by atoms with Gasteiger partial charge in [-0.25, -0.2) is 9.97 Å². The molecule has 19 heavy (non-hydrogen) atoms. The topological polar surface area (TPSA) is 59.1 Å². The van der Waals surface area contributed by atoms with Crippen molar-refractivity contribution < 1.29 is 4.74 Å². The number of aryl methyl sites for hydroxylation is 2. The first-order valence-corrected chi connectivity index (χ1v) is 6.06. The lowest BCUT2D eigenvalue weighted by atomic mass is 10.1. The number of hydrogen-bond acceptors (Lipinski definition) is 5. The normalized spacial score (nSPS) is 10.1. The molecule has 5 heteroatoms. The van der Waals surface area contributed by atoms with Gasteiger partial charge in [0, 0.05) is 18.8 Å². The van der Waals surface area contributed by atoms with Crippen LogP contribution in [0.25, 0.3) is 0 Å². The molecule has 0 aliphatic carbocycles. The van der Waals surface area contributed by atoms with Gasteiger partial charge in [0.1, 0.15) is 23.7 Å². The van der Waals surface area contributed by atoms with Gasteiger partial charge in [0.15, 0.2) is 0 Å². The lowest BCUT2D eigenvalue weighted by Crippen LogP contribution is -2.00. The van der Waals surface area contributed by atoms with E-state index in [0.29, 0.717) is 0 Å². The van der Waals surface area contributed by atoms with Gasteiger partial charge in [0.2, 0.25) is 0 Å². The van der Waals surface area contributed by atoms with Crippen molar-refractivity contribution in [3.05, 3.63) is 35.7 Å². The Morgan fingerprint density at radius 1 is 1.00 bits per heavy atom. The van der Waals surface area contributed by atoms with Gasteiger partial charge in [-0.05, 0) is 37.1 Å². The van der Waals surface area contributed by atoms with Gasteiger partial charge in [-0.3, -0.25) is 0 Å². The number of aromatic nitrogens is 2. The number of ether oxygens (including phenoxy) is 1. The number of rotatable bonds is 4. The van der Waals surface area contributed by atoms with E-state index >= 15 is 0 Å². The van der Waals surface area contributed by atoms with E-state index in [2.05, 4.69) is 26.7 Å². The molecule has 0 aliphatic rings.